The van der Waals surface area contributed by atoms with Gasteiger partial charge in [-0.1, -0.05) is 23.7 Å². The van der Waals surface area contributed by atoms with Gasteiger partial charge in [0, 0.05) is 17.8 Å². The van der Waals surface area contributed by atoms with Gasteiger partial charge in [0.1, 0.15) is 17.9 Å². The van der Waals surface area contributed by atoms with E-state index in [2.05, 4.69) is 10.4 Å². The molecule has 0 bridgehead atoms. The molecule has 1 amide bonds. The first-order valence-corrected chi connectivity index (χ1v) is 7.51. The summed E-state index contributed by atoms with van der Waals surface area (Å²) in [7, 11) is 0. The number of nitrogens with zero attached hydrogens (tertiary/aromatic N) is 3. The van der Waals surface area contributed by atoms with Gasteiger partial charge < -0.3 is 9.72 Å². The third-order valence-corrected chi connectivity index (χ3v) is 3.84. The van der Waals surface area contributed by atoms with Crippen molar-refractivity contribution in [2.45, 2.75) is 19.5 Å². The van der Waals surface area contributed by atoms with Crippen molar-refractivity contribution >= 4 is 23.0 Å². The number of aromatic nitrogens is 3. The van der Waals surface area contributed by atoms with Gasteiger partial charge in [0.05, 0.1) is 0 Å². The van der Waals surface area contributed by atoms with E-state index in [1.165, 1.54) is 11.0 Å². The number of nitrogens with one attached hydrogen (secondary N) is 1. The average molecular weight is 331 g/mol. The normalized spacial score (nSPS) is 12.3. The van der Waals surface area contributed by atoms with E-state index in [1.807, 2.05) is 12.1 Å². The molecule has 0 aliphatic carbocycles. The van der Waals surface area contributed by atoms with E-state index >= 15 is 0 Å². The third-order valence-electron chi connectivity index (χ3n) is 3.61. The average Bonchev–Trinajstić information content (AvgIpc) is 3.02. The van der Waals surface area contributed by atoms with Crippen LogP contribution in [0.4, 0.5) is 0 Å². The first-order chi connectivity index (χ1) is 11.1. The SMILES string of the molecule is C[C@H](C(=O)NCc1cccc(Cl)c1)n1ncn2cccc2c1=O. The molecule has 23 heavy (non-hydrogen) atoms. The summed E-state index contributed by atoms with van der Waals surface area (Å²) in [6.07, 6.45) is 3.25. The van der Waals surface area contributed by atoms with Crippen LogP contribution in [0.2, 0.25) is 5.02 Å². The Labute approximate surface area is 137 Å². The highest BCUT2D eigenvalue weighted by atomic mass is 35.5. The van der Waals surface area contributed by atoms with Crippen molar-refractivity contribution in [1.82, 2.24) is 19.5 Å². The van der Waals surface area contributed by atoms with Gasteiger partial charge in [0.15, 0.2) is 0 Å². The van der Waals surface area contributed by atoms with Gasteiger partial charge in [-0.25, -0.2) is 4.68 Å². The topological polar surface area (TPSA) is 68.4 Å². The molecular weight excluding hydrogens is 316 g/mol. The van der Waals surface area contributed by atoms with Crippen molar-refractivity contribution in [1.29, 1.82) is 0 Å². The standard InChI is InChI=1S/C16H15ClN4O2/c1-11(15(22)18-9-12-4-2-5-13(17)8-12)21-16(23)14-6-3-7-20(14)10-19-21/h2-8,10-11H,9H2,1H3,(H,18,22)/t11-/m1/s1. The molecule has 7 heteroatoms. The predicted octanol–water partition coefficient (Wildman–Crippen LogP) is 2.03. The molecule has 2 aromatic heterocycles. The highest BCUT2D eigenvalue weighted by molar-refractivity contribution is 6.30. The van der Waals surface area contributed by atoms with Crippen molar-refractivity contribution in [3.63, 3.8) is 0 Å². The largest absolute Gasteiger partial charge is 0.350 e. The van der Waals surface area contributed by atoms with E-state index in [9.17, 15) is 9.59 Å². The monoisotopic (exact) mass is 330 g/mol. The zero-order valence-corrected chi connectivity index (χ0v) is 13.2. The molecule has 2 heterocycles. The molecule has 1 N–H and O–H groups in total. The van der Waals surface area contributed by atoms with Crippen LogP contribution < -0.4 is 10.9 Å². The molecule has 0 aliphatic rings. The lowest BCUT2D eigenvalue weighted by Gasteiger charge is -2.14. The molecule has 1 aromatic carbocycles. The molecule has 0 radical (unpaired) electrons. The zero-order valence-electron chi connectivity index (χ0n) is 12.4. The Morgan fingerprint density at radius 1 is 1.35 bits per heavy atom. The minimum atomic E-state index is -0.707. The number of hydrogen-bond donors (Lipinski definition) is 1. The van der Waals surface area contributed by atoms with Gasteiger partial charge in [-0.2, -0.15) is 5.10 Å². The van der Waals surface area contributed by atoms with Crippen LogP contribution in [-0.2, 0) is 11.3 Å². The van der Waals surface area contributed by atoms with E-state index in [0.717, 1.165) is 5.56 Å². The van der Waals surface area contributed by atoms with Crippen molar-refractivity contribution in [3.05, 3.63) is 69.9 Å². The minimum absolute atomic E-state index is 0.282. The fourth-order valence-corrected chi connectivity index (χ4v) is 2.54. The van der Waals surface area contributed by atoms with Gasteiger partial charge in [-0.3, -0.25) is 9.59 Å². The Morgan fingerprint density at radius 3 is 2.96 bits per heavy atom. The number of halogens is 1. The summed E-state index contributed by atoms with van der Waals surface area (Å²) in [6.45, 7) is 1.98. The van der Waals surface area contributed by atoms with E-state index in [1.54, 1.807) is 41.8 Å². The van der Waals surface area contributed by atoms with E-state index in [4.69, 9.17) is 11.6 Å². The van der Waals surface area contributed by atoms with Gasteiger partial charge in [-0.15, -0.1) is 0 Å². The maximum atomic E-state index is 12.3. The van der Waals surface area contributed by atoms with Crippen molar-refractivity contribution in [2.24, 2.45) is 0 Å². The van der Waals surface area contributed by atoms with Crippen LogP contribution in [0.5, 0.6) is 0 Å². The van der Waals surface area contributed by atoms with E-state index in [0.29, 0.717) is 17.1 Å². The summed E-state index contributed by atoms with van der Waals surface area (Å²) in [6, 6.07) is 9.98. The molecule has 0 aliphatic heterocycles. The summed E-state index contributed by atoms with van der Waals surface area (Å²) in [5.74, 6) is -0.282. The maximum absolute atomic E-state index is 12.3. The van der Waals surface area contributed by atoms with Crippen LogP contribution in [0.25, 0.3) is 5.52 Å². The number of carbonyl (C=O) groups excluding carboxylic acids is 1. The second kappa shape index (κ2) is 6.26. The Bertz CT molecular complexity index is 916. The lowest BCUT2D eigenvalue weighted by Crippen LogP contribution is -2.37. The molecule has 6 nitrogen and oxygen atoms in total. The predicted molar refractivity (Wildman–Crippen MR) is 87.5 cm³/mol. The highest BCUT2D eigenvalue weighted by Gasteiger charge is 2.18. The number of amides is 1. The second-order valence-electron chi connectivity index (χ2n) is 5.21. The van der Waals surface area contributed by atoms with E-state index in [-0.39, 0.29) is 11.5 Å². The first kappa shape index (κ1) is 15.3. The summed E-state index contributed by atoms with van der Waals surface area (Å²) in [5.41, 5.74) is 1.07. The number of carbonyl (C=O) groups is 1. The molecule has 0 spiro atoms. The summed E-state index contributed by atoms with van der Waals surface area (Å²) in [5, 5.41) is 7.46. The van der Waals surface area contributed by atoms with Crippen LogP contribution in [-0.4, -0.2) is 20.1 Å². The summed E-state index contributed by atoms with van der Waals surface area (Å²) < 4.78 is 2.80. The zero-order chi connectivity index (χ0) is 16.4. The van der Waals surface area contributed by atoms with Crippen molar-refractivity contribution < 1.29 is 4.79 Å². The van der Waals surface area contributed by atoms with Gasteiger partial charge >= 0.3 is 0 Å². The molecule has 118 valence electrons. The molecule has 0 unspecified atom stereocenters. The minimum Gasteiger partial charge on any atom is -0.350 e. The van der Waals surface area contributed by atoms with Crippen LogP contribution >= 0.6 is 11.6 Å². The highest BCUT2D eigenvalue weighted by Crippen LogP contribution is 2.11. The maximum Gasteiger partial charge on any atom is 0.291 e. The number of rotatable bonds is 4. The van der Waals surface area contributed by atoms with Gasteiger partial charge in [-0.05, 0) is 36.8 Å². The second-order valence-corrected chi connectivity index (χ2v) is 5.64. The van der Waals surface area contributed by atoms with Gasteiger partial charge in [0.2, 0.25) is 5.91 Å². The summed E-state index contributed by atoms with van der Waals surface area (Å²) in [4.78, 5) is 24.6. The molecule has 3 rings (SSSR count). The Balaban J connectivity index is 1.76. The fourth-order valence-electron chi connectivity index (χ4n) is 2.33. The number of hydrogen-bond acceptors (Lipinski definition) is 3. The lowest BCUT2D eigenvalue weighted by molar-refractivity contribution is -0.124. The summed E-state index contributed by atoms with van der Waals surface area (Å²) >= 11 is 5.91. The van der Waals surface area contributed by atoms with Crippen molar-refractivity contribution in [3.8, 4) is 0 Å². The molecule has 0 fully saturated rings. The van der Waals surface area contributed by atoms with Crippen LogP contribution in [0.3, 0.4) is 0 Å². The smallest absolute Gasteiger partial charge is 0.291 e. The van der Waals surface area contributed by atoms with Crippen LogP contribution in [0.15, 0.2) is 53.7 Å². The van der Waals surface area contributed by atoms with Crippen LogP contribution in [0.1, 0.15) is 18.5 Å². The molecule has 0 saturated carbocycles. The third kappa shape index (κ3) is 3.12. The molecular formula is C16H15ClN4O2. The fraction of sp³-hybridized carbons (Fsp3) is 0.188. The van der Waals surface area contributed by atoms with Crippen molar-refractivity contribution in [2.75, 3.05) is 0 Å². The molecule has 0 saturated heterocycles. The molecule has 1 atom stereocenters. The quantitative estimate of drug-likeness (QED) is 0.795. The molecule has 3 aromatic rings. The Morgan fingerprint density at radius 2 is 2.17 bits per heavy atom. The number of fused-ring (bicyclic) bond motifs is 1. The first-order valence-electron chi connectivity index (χ1n) is 7.13. The Kier molecular flexibility index (Phi) is 4.16. The van der Waals surface area contributed by atoms with Crippen LogP contribution in [0, 0.1) is 0 Å². The van der Waals surface area contributed by atoms with E-state index < -0.39 is 6.04 Å². The number of benzene rings is 1. The lowest BCUT2D eigenvalue weighted by atomic mass is 10.2. The Hall–Kier alpha value is -2.60. The van der Waals surface area contributed by atoms with Gasteiger partial charge in [0.25, 0.3) is 5.56 Å².